The molecule has 0 saturated carbocycles. The Balaban J connectivity index is 1.66. The van der Waals surface area contributed by atoms with Crippen LogP contribution >= 0.6 is 23.1 Å². The third kappa shape index (κ3) is 5.18. The number of nitrogens with one attached hydrogen (secondary N) is 1. The predicted molar refractivity (Wildman–Crippen MR) is 109 cm³/mol. The van der Waals surface area contributed by atoms with Crippen molar-refractivity contribution in [1.29, 1.82) is 0 Å². The Morgan fingerprint density at radius 3 is 2.74 bits per heavy atom. The Labute approximate surface area is 166 Å². The molecule has 1 aromatic heterocycles. The predicted octanol–water partition coefficient (Wildman–Crippen LogP) is 3.77. The number of nitrogens with zero attached hydrogens (tertiary/aromatic N) is 1. The summed E-state index contributed by atoms with van der Waals surface area (Å²) in [6.07, 6.45) is 0. The first-order valence-electron chi connectivity index (χ1n) is 8.32. The lowest BCUT2D eigenvalue weighted by molar-refractivity contribution is 0.0947. The van der Waals surface area contributed by atoms with Crippen LogP contribution in [0, 0.1) is 6.92 Å². The summed E-state index contributed by atoms with van der Waals surface area (Å²) < 4.78 is 0. The molecule has 3 rings (SSSR count). The Bertz CT molecular complexity index is 969. The number of nitrogens with two attached hydrogens (primary N) is 1. The summed E-state index contributed by atoms with van der Waals surface area (Å²) in [6, 6.07) is 14.4. The second-order valence-corrected chi connectivity index (χ2v) is 7.97. The van der Waals surface area contributed by atoms with Gasteiger partial charge in [-0.15, -0.1) is 23.1 Å². The minimum Gasteiger partial charge on any atom is -0.366 e. The van der Waals surface area contributed by atoms with E-state index in [9.17, 15) is 9.59 Å². The van der Waals surface area contributed by atoms with E-state index in [2.05, 4.69) is 10.3 Å². The van der Waals surface area contributed by atoms with Crippen molar-refractivity contribution in [2.75, 3.05) is 0 Å². The van der Waals surface area contributed by atoms with Gasteiger partial charge in [0.2, 0.25) is 5.91 Å². The molecule has 0 atom stereocenters. The second kappa shape index (κ2) is 8.83. The molecular formula is C20H19N3O2S2. The van der Waals surface area contributed by atoms with Crippen LogP contribution in [0.3, 0.4) is 0 Å². The number of carbonyl (C=O) groups is 2. The molecule has 3 N–H and O–H groups in total. The van der Waals surface area contributed by atoms with Gasteiger partial charge in [0.15, 0.2) is 0 Å². The van der Waals surface area contributed by atoms with E-state index in [1.54, 1.807) is 41.3 Å². The van der Waals surface area contributed by atoms with Crippen molar-refractivity contribution >= 4 is 34.9 Å². The molecule has 0 radical (unpaired) electrons. The standard InChI is InChI=1S/C20H19N3O2S2/c1-13-23-16(11-26-13)12-27-18-8-3-2-7-17(18)20(25)22-10-14-5-4-6-15(9-14)19(21)24/h2-9,11H,10,12H2,1H3,(H2,21,24)(H,22,25). The molecule has 138 valence electrons. The summed E-state index contributed by atoms with van der Waals surface area (Å²) in [5.41, 5.74) is 8.19. The molecule has 0 aliphatic heterocycles. The number of amides is 2. The van der Waals surface area contributed by atoms with E-state index in [0.717, 1.165) is 26.9 Å². The highest BCUT2D eigenvalue weighted by Gasteiger charge is 2.12. The summed E-state index contributed by atoms with van der Waals surface area (Å²) in [6.45, 7) is 2.30. The van der Waals surface area contributed by atoms with Gasteiger partial charge in [0.05, 0.1) is 16.3 Å². The number of primary amides is 1. The normalized spacial score (nSPS) is 10.6. The number of aromatic nitrogens is 1. The quantitative estimate of drug-likeness (QED) is 0.594. The largest absolute Gasteiger partial charge is 0.366 e. The molecule has 0 fully saturated rings. The van der Waals surface area contributed by atoms with Crippen molar-refractivity contribution in [3.63, 3.8) is 0 Å². The maximum absolute atomic E-state index is 12.6. The van der Waals surface area contributed by atoms with E-state index in [0.29, 0.717) is 17.7 Å². The highest BCUT2D eigenvalue weighted by atomic mass is 32.2. The number of aryl methyl sites for hydroxylation is 1. The Kier molecular flexibility index (Phi) is 6.26. The average molecular weight is 398 g/mol. The maximum Gasteiger partial charge on any atom is 0.252 e. The van der Waals surface area contributed by atoms with Gasteiger partial charge in [-0.3, -0.25) is 9.59 Å². The minimum absolute atomic E-state index is 0.156. The Morgan fingerprint density at radius 1 is 1.19 bits per heavy atom. The van der Waals surface area contributed by atoms with Crippen LogP contribution < -0.4 is 11.1 Å². The van der Waals surface area contributed by atoms with Gasteiger partial charge in [0.1, 0.15) is 0 Å². The lowest BCUT2D eigenvalue weighted by atomic mass is 10.1. The molecule has 0 saturated heterocycles. The fraction of sp³-hybridized carbons (Fsp3) is 0.150. The number of benzene rings is 2. The summed E-state index contributed by atoms with van der Waals surface area (Å²) in [5.74, 6) is 0.0780. The lowest BCUT2D eigenvalue weighted by Gasteiger charge is -2.10. The fourth-order valence-corrected chi connectivity index (χ4v) is 4.18. The van der Waals surface area contributed by atoms with Crippen molar-refractivity contribution in [1.82, 2.24) is 10.3 Å². The molecule has 27 heavy (non-hydrogen) atoms. The summed E-state index contributed by atoms with van der Waals surface area (Å²) >= 11 is 3.21. The van der Waals surface area contributed by atoms with E-state index in [1.165, 1.54) is 0 Å². The van der Waals surface area contributed by atoms with Crippen molar-refractivity contribution in [2.24, 2.45) is 5.73 Å². The first kappa shape index (κ1) is 19.1. The number of hydrogen-bond acceptors (Lipinski definition) is 5. The van der Waals surface area contributed by atoms with Gasteiger partial charge in [-0.1, -0.05) is 24.3 Å². The van der Waals surface area contributed by atoms with Crippen LogP contribution in [0.15, 0.2) is 58.8 Å². The van der Waals surface area contributed by atoms with Crippen molar-refractivity contribution in [3.05, 3.63) is 81.3 Å². The summed E-state index contributed by atoms with van der Waals surface area (Å²) in [7, 11) is 0. The molecule has 0 aliphatic rings. The van der Waals surface area contributed by atoms with Gasteiger partial charge in [-0.2, -0.15) is 0 Å². The molecule has 7 heteroatoms. The summed E-state index contributed by atoms with van der Waals surface area (Å²) in [4.78, 5) is 29.3. The number of thioether (sulfide) groups is 1. The molecule has 1 heterocycles. The average Bonchev–Trinajstić information content (AvgIpc) is 3.10. The highest BCUT2D eigenvalue weighted by Crippen LogP contribution is 2.27. The van der Waals surface area contributed by atoms with Crippen LogP contribution in [0.5, 0.6) is 0 Å². The topological polar surface area (TPSA) is 85.1 Å². The molecule has 0 bridgehead atoms. The smallest absolute Gasteiger partial charge is 0.252 e. The zero-order chi connectivity index (χ0) is 19.2. The van der Waals surface area contributed by atoms with E-state index in [1.807, 2.05) is 42.6 Å². The number of carbonyl (C=O) groups excluding carboxylic acids is 2. The second-order valence-electron chi connectivity index (χ2n) is 5.89. The molecule has 0 aliphatic carbocycles. The molecule has 0 unspecified atom stereocenters. The third-order valence-corrected chi connectivity index (χ3v) is 5.77. The lowest BCUT2D eigenvalue weighted by Crippen LogP contribution is -2.23. The molecule has 0 spiro atoms. The van der Waals surface area contributed by atoms with Gasteiger partial charge in [-0.05, 0) is 36.8 Å². The van der Waals surface area contributed by atoms with E-state index >= 15 is 0 Å². The fourth-order valence-electron chi connectivity index (χ4n) is 2.52. The van der Waals surface area contributed by atoms with E-state index < -0.39 is 5.91 Å². The van der Waals surface area contributed by atoms with Gasteiger partial charge in [0.25, 0.3) is 5.91 Å². The van der Waals surface area contributed by atoms with Crippen LogP contribution in [0.25, 0.3) is 0 Å². The Hall–Kier alpha value is -2.64. The van der Waals surface area contributed by atoms with Crippen LogP contribution in [0.4, 0.5) is 0 Å². The van der Waals surface area contributed by atoms with E-state index in [-0.39, 0.29) is 5.91 Å². The van der Waals surface area contributed by atoms with Gasteiger partial charge in [-0.25, -0.2) is 4.98 Å². The summed E-state index contributed by atoms with van der Waals surface area (Å²) in [5, 5.41) is 5.98. The first-order valence-corrected chi connectivity index (χ1v) is 10.2. The zero-order valence-electron chi connectivity index (χ0n) is 14.8. The highest BCUT2D eigenvalue weighted by molar-refractivity contribution is 7.98. The van der Waals surface area contributed by atoms with Gasteiger partial charge in [0, 0.05) is 28.1 Å². The van der Waals surface area contributed by atoms with Gasteiger partial charge < -0.3 is 11.1 Å². The van der Waals surface area contributed by atoms with E-state index in [4.69, 9.17) is 5.73 Å². The Morgan fingerprint density at radius 2 is 2.00 bits per heavy atom. The molecule has 5 nitrogen and oxygen atoms in total. The number of thiazole rings is 1. The van der Waals surface area contributed by atoms with Crippen LogP contribution in [-0.4, -0.2) is 16.8 Å². The molecular weight excluding hydrogens is 378 g/mol. The van der Waals surface area contributed by atoms with Crippen molar-refractivity contribution in [3.8, 4) is 0 Å². The van der Waals surface area contributed by atoms with Crippen LogP contribution in [0.1, 0.15) is 37.0 Å². The van der Waals surface area contributed by atoms with Crippen LogP contribution in [-0.2, 0) is 12.3 Å². The third-order valence-electron chi connectivity index (χ3n) is 3.84. The molecule has 2 aromatic carbocycles. The van der Waals surface area contributed by atoms with Gasteiger partial charge >= 0.3 is 0 Å². The van der Waals surface area contributed by atoms with Crippen molar-refractivity contribution < 1.29 is 9.59 Å². The monoisotopic (exact) mass is 397 g/mol. The van der Waals surface area contributed by atoms with Crippen molar-refractivity contribution in [2.45, 2.75) is 24.1 Å². The number of hydrogen-bond donors (Lipinski definition) is 2. The van der Waals surface area contributed by atoms with Crippen LogP contribution in [0.2, 0.25) is 0 Å². The maximum atomic E-state index is 12.6. The zero-order valence-corrected chi connectivity index (χ0v) is 16.4. The molecule has 3 aromatic rings. The first-order chi connectivity index (χ1) is 13.0. The SMILES string of the molecule is Cc1nc(CSc2ccccc2C(=O)NCc2cccc(C(N)=O)c2)cs1. The molecule has 2 amide bonds. The number of rotatable bonds is 7. The minimum atomic E-state index is -0.484.